The Labute approximate surface area is 134 Å². The first-order chi connectivity index (χ1) is 11.2. The molecule has 0 heterocycles. The molecule has 2 rings (SSSR count). The Kier molecular flexibility index (Phi) is 5.99. The van der Waals surface area contributed by atoms with E-state index in [0.29, 0.717) is 17.2 Å². The van der Waals surface area contributed by atoms with E-state index < -0.39 is 0 Å². The second-order valence-electron chi connectivity index (χ2n) is 4.48. The number of nitrogens with one attached hydrogen (secondary N) is 1. The van der Waals surface area contributed by atoms with Crippen molar-refractivity contribution in [3.05, 3.63) is 54.1 Å². The summed E-state index contributed by atoms with van der Waals surface area (Å²) in [6.07, 6.45) is 1.56. The van der Waals surface area contributed by atoms with Crippen LogP contribution in [-0.2, 0) is 4.79 Å². The largest absolute Gasteiger partial charge is 0.493 e. The summed E-state index contributed by atoms with van der Waals surface area (Å²) in [6, 6.07) is 14.7. The second-order valence-corrected chi connectivity index (χ2v) is 4.48. The van der Waals surface area contributed by atoms with Gasteiger partial charge in [0, 0.05) is 0 Å². The van der Waals surface area contributed by atoms with Gasteiger partial charge in [-0.05, 0) is 17.7 Å². The average molecular weight is 314 g/mol. The molecule has 23 heavy (non-hydrogen) atoms. The number of carbonyl (C=O) groups is 1. The zero-order chi connectivity index (χ0) is 16.5. The highest BCUT2D eigenvalue weighted by Crippen LogP contribution is 2.36. The standard InChI is InChI=1S/C17H18N2O4/c1-21-14-9-6-10-15(22-2)17(14)23-12-16(20)19-18-11-13-7-4-3-5-8-13/h3-11H,12H2,1-2H3,(H,19,20)/b18-11+. The van der Waals surface area contributed by atoms with Crippen molar-refractivity contribution < 1.29 is 19.0 Å². The summed E-state index contributed by atoms with van der Waals surface area (Å²) in [5.74, 6) is 0.972. The number of hydrazone groups is 1. The van der Waals surface area contributed by atoms with Gasteiger partial charge in [0.05, 0.1) is 20.4 Å². The maximum atomic E-state index is 11.8. The first-order valence-corrected chi connectivity index (χ1v) is 6.95. The number of rotatable bonds is 7. The SMILES string of the molecule is COc1cccc(OC)c1OCC(=O)N/N=C/c1ccccc1. The van der Waals surface area contributed by atoms with Crippen LogP contribution in [-0.4, -0.2) is 32.9 Å². The molecule has 0 aromatic heterocycles. The van der Waals surface area contributed by atoms with Crippen molar-refractivity contribution in [1.29, 1.82) is 0 Å². The third kappa shape index (κ3) is 4.74. The van der Waals surface area contributed by atoms with Gasteiger partial charge in [0.25, 0.3) is 5.91 Å². The lowest BCUT2D eigenvalue weighted by atomic mass is 10.2. The number of para-hydroxylation sites is 1. The summed E-state index contributed by atoms with van der Waals surface area (Å²) in [5.41, 5.74) is 3.29. The van der Waals surface area contributed by atoms with E-state index in [1.807, 2.05) is 30.3 Å². The molecule has 0 saturated heterocycles. The smallest absolute Gasteiger partial charge is 0.277 e. The molecule has 120 valence electrons. The van der Waals surface area contributed by atoms with Gasteiger partial charge in [0.1, 0.15) is 0 Å². The quantitative estimate of drug-likeness (QED) is 0.628. The molecule has 6 heteroatoms. The van der Waals surface area contributed by atoms with E-state index in [0.717, 1.165) is 5.56 Å². The molecule has 2 aromatic rings. The van der Waals surface area contributed by atoms with Gasteiger partial charge in [-0.15, -0.1) is 0 Å². The highest BCUT2D eigenvalue weighted by Gasteiger charge is 2.12. The molecule has 0 saturated carbocycles. The van der Waals surface area contributed by atoms with Crippen molar-refractivity contribution in [2.75, 3.05) is 20.8 Å². The van der Waals surface area contributed by atoms with Crippen LogP contribution in [0.1, 0.15) is 5.56 Å². The topological polar surface area (TPSA) is 69.2 Å². The fourth-order valence-corrected chi connectivity index (χ4v) is 1.85. The molecule has 0 radical (unpaired) electrons. The van der Waals surface area contributed by atoms with Crippen LogP contribution in [0.2, 0.25) is 0 Å². The molecule has 0 unspecified atom stereocenters. The van der Waals surface area contributed by atoms with E-state index in [1.165, 1.54) is 14.2 Å². The normalized spacial score (nSPS) is 10.3. The molecule has 0 spiro atoms. The minimum absolute atomic E-state index is 0.205. The lowest BCUT2D eigenvalue weighted by Gasteiger charge is -2.13. The fraction of sp³-hybridized carbons (Fsp3) is 0.176. The minimum atomic E-state index is -0.384. The van der Waals surface area contributed by atoms with E-state index in [4.69, 9.17) is 14.2 Å². The zero-order valence-corrected chi connectivity index (χ0v) is 13.0. The Balaban J connectivity index is 1.91. The van der Waals surface area contributed by atoms with Gasteiger partial charge < -0.3 is 14.2 Å². The van der Waals surface area contributed by atoms with Crippen LogP contribution in [0.15, 0.2) is 53.6 Å². The molecule has 1 N–H and O–H groups in total. The lowest BCUT2D eigenvalue weighted by Crippen LogP contribution is -2.24. The number of methoxy groups -OCH3 is 2. The molecule has 0 bridgehead atoms. The van der Waals surface area contributed by atoms with Crippen LogP contribution in [0, 0.1) is 0 Å². The van der Waals surface area contributed by atoms with Gasteiger partial charge in [-0.2, -0.15) is 5.10 Å². The first-order valence-electron chi connectivity index (χ1n) is 6.95. The average Bonchev–Trinajstić information content (AvgIpc) is 2.60. The molecule has 0 fully saturated rings. The van der Waals surface area contributed by atoms with Crippen LogP contribution < -0.4 is 19.6 Å². The number of hydrogen-bond acceptors (Lipinski definition) is 5. The van der Waals surface area contributed by atoms with Crippen molar-refractivity contribution >= 4 is 12.1 Å². The predicted octanol–water partition coefficient (Wildman–Crippen LogP) is 2.23. The molecule has 0 atom stereocenters. The van der Waals surface area contributed by atoms with Crippen LogP contribution in [0.3, 0.4) is 0 Å². The highest BCUT2D eigenvalue weighted by atomic mass is 16.5. The summed E-state index contributed by atoms with van der Waals surface area (Å²) >= 11 is 0. The maximum absolute atomic E-state index is 11.8. The molecular formula is C17H18N2O4. The van der Waals surface area contributed by atoms with Crippen LogP contribution in [0.4, 0.5) is 0 Å². The van der Waals surface area contributed by atoms with E-state index >= 15 is 0 Å². The van der Waals surface area contributed by atoms with E-state index in [9.17, 15) is 4.79 Å². The van der Waals surface area contributed by atoms with Gasteiger partial charge in [-0.25, -0.2) is 5.43 Å². The summed E-state index contributed by atoms with van der Waals surface area (Å²) in [6.45, 7) is -0.205. The molecule has 6 nitrogen and oxygen atoms in total. The van der Waals surface area contributed by atoms with Crippen molar-refractivity contribution in [3.63, 3.8) is 0 Å². The van der Waals surface area contributed by atoms with Gasteiger partial charge in [0.2, 0.25) is 5.75 Å². The third-order valence-electron chi connectivity index (χ3n) is 2.93. The minimum Gasteiger partial charge on any atom is -0.493 e. The number of hydrogen-bond donors (Lipinski definition) is 1. The summed E-state index contributed by atoms with van der Waals surface area (Å²) in [5, 5.41) is 3.87. The summed E-state index contributed by atoms with van der Waals surface area (Å²) in [7, 11) is 3.04. The molecule has 0 aliphatic rings. The lowest BCUT2D eigenvalue weighted by molar-refractivity contribution is -0.123. The Hall–Kier alpha value is -3.02. The second kappa shape index (κ2) is 8.43. The summed E-state index contributed by atoms with van der Waals surface area (Å²) in [4.78, 5) is 11.8. The molecule has 2 aromatic carbocycles. The Morgan fingerprint density at radius 3 is 2.30 bits per heavy atom. The molecule has 0 aliphatic carbocycles. The Bertz CT molecular complexity index is 649. The van der Waals surface area contributed by atoms with Gasteiger partial charge >= 0.3 is 0 Å². The molecular weight excluding hydrogens is 296 g/mol. The number of carbonyl (C=O) groups excluding carboxylic acids is 1. The molecule has 1 amide bonds. The first kappa shape index (κ1) is 16.4. The van der Waals surface area contributed by atoms with Crippen LogP contribution in [0.5, 0.6) is 17.2 Å². The Morgan fingerprint density at radius 2 is 1.70 bits per heavy atom. The molecule has 0 aliphatic heterocycles. The maximum Gasteiger partial charge on any atom is 0.277 e. The summed E-state index contributed by atoms with van der Waals surface area (Å²) < 4.78 is 15.9. The van der Waals surface area contributed by atoms with E-state index in [2.05, 4.69) is 10.5 Å². The van der Waals surface area contributed by atoms with Crippen LogP contribution >= 0.6 is 0 Å². The number of amides is 1. The Morgan fingerprint density at radius 1 is 1.04 bits per heavy atom. The monoisotopic (exact) mass is 314 g/mol. The number of benzene rings is 2. The van der Waals surface area contributed by atoms with E-state index in [-0.39, 0.29) is 12.5 Å². The highest BCUT2D eigenvalue weighted by molar-refractivity contribution is 5.82. The fourth-order valence-electron chi connectivity index (χ4n) is 1.85. The van der Waals surface area contributed by atoms with Gasteiger partial charge in [0.15, 0.2) is 18.1 Å². The predicted molar refractivity (Wildman–Crippen MR) is 87.2 cm³/mol. The van der Waals surface area contributed by atoms with Gasteiger partial charge in [-0.1, -0.05) is 36.4 Å². The van der Waals surface area contributed by atoms with Crippen LogP contribution in [0.25, 0.3) is 0 Å². The van der Waals surface area contributed by atoms with Crippen molar-refractivity contribution in [2.24, 2.45) is 5.10 Å². The van der Waals surface area contributed by atoms with Crippen molar-refractivity contribution in [1.82, 2.24) is 5.43 Å². The van der Waals surface area contributed by atoms with Crippen molar-refractivity contribution in [3.8, 4) is 17.2 Å². The zero-order valence-electron chi connectivity index (χ0n) is 13.0. The third-order valence-corrected chi connectivity index (χ3v) is 2.93. The van der Waals surface area contributed by atoms with Gasteiger partial charge in [-0.3, -0.25) is 4.79 Å². The van der Waals surface area contributed by atoms with E-state index in [1.54, 1.807) is 24.4 Å². The number of ether oxygens (including phenoxy) is 3. The van der Waals surface area contributed by atoms with Crippen molar-refractivity contribution in [2.45, 2.75) is 0 Å². The number of nitrogens with zero attached hydrogens (tertiary/aromatic N) is 1.